The highest BCUT2D eigenvalue weighted by Crippen LogP contribution is 2.23. The molecule has 0 radical (unpaired) electrons. The maximum Gasteiger partial charge on any atom is 0.268 e. The lowest BCUT2D eigenvalue weighted by Gasteiger charge is -2.08. The third-order valence-corrected chi connectivity index (χ3v) is 4.81. The fourth-order valence-electron chi connectivity index (χ4n) is 2.38. The minimum atomic E-state index is -0.262. The van der Waals surface area contributed by atoms with Crippen molar-refractivity contribution in [2.45, 2.75) is 6.54 Å². The van der Waals surface area contributed by atoms with Crippen LogP contribution in [0.5, 0.6) is 0 Å². The Bertz CT molecular complexity index is 883. The van der Waals surface area contributed by atoms with Gasteiger partial charge in [0.1, 0.15) is 5.69 Å². The number of amides is 2. The summed E-state index contributed by atoms with van der Waals surface area (Å²) in [4.78, 5) is 24.1. The summed E-state index contributed by atoms with van der Waals surface area (Å²) in [5.41, 5.74) is 2.50. The Morgan fingerprint density at radius 1 is 1.17 bits per heavy atom. The SMILES string of the molecule is Cn1c(C(=O)NCC(=O)NCc2ccc(Cl)cc2)cc2sccc21. The fourth-order valence-corrected chi connectivity index (χ4v) is 3.36. The van der Waals surface area contributed by atoms with Gasteiger partial charge in [-0.1, -0.05) is 23.7 Å². The van der Waals surface area contributed by atoms with Gasteiger partial charge in [-0.3, -0.25) is 9.59 Å². The molecule has 5 nitrogen and oxygen atoms in total. The van der Waals surface area contributed by atoms with E-state index in [0.717, 1.165) is 15.8 Å². The van der Waals surface area contributed by atoms with E-state index in [-0.39, 0.29) is 18.4 Å². The van der Waals surface area contributed by atoms with Gasteiger partial charge in [-0.05, 0) is 35.2 Å². The Balaban J connectivity index is 1.52. The molecule has 24 heavy (non-hydrogen) atoms. The first kappa shape index (κ1) is 16.5. The maximum absolute atomic E-state index is 12.2. The molecule has 0 bridgehead atoms. The Morgan fingerprint density at radius 3 is 2.62 bits per heavy atom. The molecular weight excluding hydrogens is 346 g/mol. The zero-order valence-electron chi connectivity index (χ0n) is 13.0. The summed E-state index contributed by atoms with van der Waals surface area (Å²) >= 11 is 7.40. The van der Waals surface area contributed by atoms with Crippen LogP contribution in [0.1, 0.15) is 16.1 Å². The van der Waals surface area contributed by atoms with Gasteiger partial charge in [-0.25, -0.2) is 0 Å². The summed E-state index contributed by atoms with van der Waals surface area (Å²) in [6.07, 6.45) is 0. The normalized spacial score (nSPS) is 10.8. The first-order chi connectivity index (χ1) is 11.5. The number of hydrogen-bond donors (Lipinski definition) is 2. The largest absolute Gasteiger partial charge is 0.350 e. The number of carbonyl (C=O) groups excluding carboxylic acids is 2. The number of benzene rings is 1. The number of nitrogens with one attached hydrogen (secondary N) is 2. The summed E-state index contributed by atoms with van der Waals surface area (Å²) in [5, 5.41) is 8.04. The van der Waals surface area contributed by atoms with Crippen molar-refractivity contribution in [3.63, 3.8) is 0 Å². The van der Waals surface area contributed by atoms with Crippen molar-refractivity contribution in [3.05, 3.63) is 58.1 Å². The smallest absolute Gasteiger partial charge is 0.268 e. The van der Waals surface area contributed by atoms with Crippen LogP contribution in [-0.2, 0) is 18.4 Å². The van der Waals surface area contributed by atoms with E-state index in [9.17, 15) is 9.59 Å². The number of carbonyl (C=O) groups is 2. The number of fused-ring (bicyclic) bond motifs is 1. The second-order valence-electron chi connectivity index (χ2n) is 5.34. The minimum Gasteiger partial charge on any atom is -0.350 e. The van der Waals surface area contributed by atoms with Crippen molar-refractivity contribution in [1.29, 1.82) is 0 Å². The summed E-state index contributed by atoms with van der Waals surface area (Å²) in [6, 6.07) is 11.0. The fraction of sp³-hybridized carbons (Fsp3) is 0.176. The minimum absolute atomic E-state index is 0.0642. The van der Waals surface area contributed by atoms with Crippen molar-refractivity contribution in [1.82, 2.24) is 15.2 Å². The van der Waals surface area contributed by atoms with Gasteiger partial charge < -0.3 is 15.2 Å². The quantitative estimate of drug-likeness (QED) is 0.734. The molecule has 0 saturated heterocycles. The summed E-state index contributed by atoms with van der Waals surface area (Å²) < 4.78 is 2.88. The number of thiophene rings is 1. The molecule has 0 saturated carbocycles. The van der Waals surface area contributed by atoms with Crippen LogP contribution in [0.25, 0.3) is 10.2 Å². The van der Waals surface area contributed by atoms with Crippen molar-refractivity contribution >= 4 is 45.0 Å². The molecule has 3 rings (SSSR count). The maximum atomic E-state index is 12.2. The Labute approximate surface area is 148 Å². The predicted octanol–water partition coefficient (Wildman–Crippen LogP) is 2.94. The molecule has 1 aromatic carbocycles. The Kier molecular flexibility index (Phi) is 4.87. The van der Waals surface area contributed by atoms with Crippen molar-refractivity contribution in [3.8, 4) is 0 Å². The van der Waals surface area contributed by atoms with E-state index in [1.165, 1.54) is 0 Å². The molecule has 0 fully saturated rings. The van der Waals surface area contributed by atoms with Crippen molar-refractivity contribution in [2.24, 2.45) is 7.05 Å². The van der Waals surface area contributed by atoms with Crippen LogP contribution >= 0.6 is 22.9 Å². The van der Waals surface area contributed by atoms with Crippen LogP contribution in [0.3, 0.4) is 0 Å². The molecule has 0 unspecified atom stereocenters. The van der Waals surface area contributed by atoms with Crippen LogP contribution in [0.2, 0.25) is 5.02 Å². The summed E-state index contributed by atoms with van der Waals surface area (Å²) in [7, 11) is 1.84. The van der Waals surface area contributed by atoms with E-state index in [4.69, 9.17) is 11.6 Å². The summed E-state index contributed by atoms with van der Waals surface area (Å²) in [6.45, 7) is 0.330. The number of halogens is 1. The zero-order chi connectivity index (χ0) is 17.1. The molecule has 0 atom stereocenters. The van der Waals surface area contributed by atoms with E-state index in [1.54, 1.807) is 23.5 Å². The number of rotatable bonds is 5. The average Bonchev–Trinajstić information content (AvgIpc) is 3.15. The monoisotopic (exact) mass is 361 g/mol. The van der Waals surface area contributed by atoms with Gasteiger partial charge in [-0.15, -0.1) is 11.3 Å². The first-order valence-corrected chi connectivity index (χ1v) is 8.62. The van der Waals surface area contributed by atoms with Crippen LogP contribution in [0.15, 0.2) is 41.8 Å². The number of aryl methyl sites for hydroxylation is 1. The molecule has 2 aromatic heterocycles. The first-order valence-electron chi connectivity index (χ1n) is 7.37. The third kappa shape index (κ3) is 3.60. The van der Waals surface area contributed by atoms with Crippen LogP contribution in [0.4, 0.5) is 0 Å². The third-order valence-electron chi connectivity index (χ3n) is 3.71. The molecule has 0 spiro atoms. The van der Waals surface area contributed by atoms with Gasteiger partial charge in [0.2, 0.25) is 5.91 Å². The zero-order valence-corrected chi connectivity index (χ0v) is 14.6. The molecule has 0 aliphatic heterocycles. The van der Waals surface area contributed by atoms with Gasteiger partial charge in [0, 0.05) is 18.6 Å². The molecule has 2 N–H and O–H groups in total. The molecule has 3 aromatic rings. The lowest BCUT2D eigenvalue weighted by molar-refractivity contribution is -0.120. The summed E-state index contributed by atoms with van der Waals surface area (Å²) in [5.74, 6) is -0.503. The molecule has 0 aliphatic rings. The van der Waals surface area contributed by atoms with Crippen molar-refractivity contribution < 1.29 is 9.59 Å². The Morgan fingerprint density at radius 2 is 1.92 bits per heavy atom. The number of nitrogens with zero attached hydrogens (tertiary/aromatic N) is 1. The van der Waals surface area contributed by atoms with Crippen LogP contribution in [0, 0.1) is 0 Å². The second kappa shape index (κ2) is 7.07. The average molecular weight is 362 g/mol. The van der Waals surface area contributed by atoms with Gasteiger partial charge in [0.15, 0.2) is 0 Å². The number of hydrogen-bond acceptors (Lipinski definition) is 3. The topological polar surface area (TPSA) is 63.1 Å². The van der Waals surface area contributed by atoms with E-state index in [0.29, 0.717) is 17.3 Å². The lowest BCUT2D eigenvalue weighted by atomic mass is 10.2. The molecule has 2 amide bonds. The van der Waals surface area contributed by atoms with Crippen molar-refractivity contribution in [2.75, 3.05) is 6.54 Å². The van der Waals surface area contributed by atoms with Crippen LogP contribution in [-0.4, -0.2) is 22.9 Å². The predicted molar refractivity (Wildman–Crippen MR) is 96.4 cm³/mol. The van der Waals surface area contributed by atoms with Gasteiger partial charge in [-0.2, -0.15) is 0 Å². The lowest BCUT2D eigenvalue weighted by Crippen LogP contribution is -2.37. The van der Waals surface area contributed by atoms with E-state index < -0.39 is 0 Å². The Hall–Kier alpha value is -2.31. The van der Waals surface area contributed by atoms with Gasteiger partial charge in [0.05, 0.1) is 16.8 Å². The molecule has 7 heteroatoms. The standard InChI is InChI=1S/C17H16ClN3O2S/c1-21-13-6-7-24-15(13)8-14(21)17(23)20-10-16(22)19-9-11-2-4-12(18)5-3-11/h2-8H,9-10H2,1H3,(H,19,22)(H,20,23). The molecular formula is C17H16ClN3O2S. The molecule has 124 valence electrons. The highest BCUT2D eigenvalue weighted by atomic mass is 35.5. The number of aromatic nitrogens is 1. The van der Waals surface area contributed by atoms with Gasteiger partial charge >= 0.3 is 0 Å². The van der Waals surface area contributed by atoms with E-state index in [1.807, 2.05) is 41.3 Å². The second-order valence-corrected chi connectivity index (χ2v) is 6.73. The molecule has 2 heterocycles. The highest BCUT2D eigenvalue weighted by Gasteiger charge is 2.14. The van der Waals surface area contributed by atoms with E-state index in [2.05, 4.69) is 10.6 Å². The van der Waals surface area contributed by atoms with Crippen LogP contribution < -0.4 is 10.6 Å². The molecule has 0 aliphatic carbocycles. The highest BCUT2D eigenvalue weighted by molar-refractivity contribution is 7.17. The van der Waals surface area contributed by atoms with E-state index >= 15 is 0 Å². The van der Waals surface area contributed by atoms with Gasteiger partial charge in [0.25, 0.3) is 5.91 Å².